The van der Waals surface area contributed by atoms with Crippen LogP contribution < -0.4 is 5.32 Å². The summed E-state index contributed by atoms with van der Waals surface area (Å²) in [4.78, 5) is 13.2. The Kier molecular flexibility index (Phi) is 49.7. The van der Waals surface area contributed by atoms with Gasteiger partial charge < -0.3 is 45.4 Å². The minimum absolute atomic E-state index is 0.251. The average Bonchev–Trinajstić information content (AvgIpc) is 3.38. The first kappa shape index (κ1) is 68.9. The van der Waals surface area contributed by atoms with Gasteiger partial charge in [0, 0.05) is 0 Å². The van der Waals surface area contributed by atoms with Crippen LogP contribution in [0.5, 0.6) is 0 Å². The van der Waals surface area contributed by atoms with Gasteiger partial charge in [-0.25, -0.2) is 0 Å². The maximum absolute atomic E-state index is 13.2. The molecule has 0 aromatic heterocycles. The van der Waals surface area contributed by atoms with Crippen molar-refractivity contribution in [1.82, 2.24) is 5.32 Å². The summed E-state index contributed by atoms with van der Waals surface area (Å²) in [5.41, 5.74) is 0. The summed E-state index contributed by atoms with van der Waals surface area (Å²) < 4.78 is 11.2. The molecule has 1 rings (SSSR count). The van der Waals surface area contributed by atoms with Crippen LogP contribution in [0.1, 0.15) is 316 Å². The van der Waals surface area contributed by atoms with Gasteiger partial charge in [-0.15, -0.1) is 0 Å². The van der Waals surface area contributed by atoms with Crippen molar-refractivity contribution in [3.05, 3.63) is 12.2 Å². The molecule has 1 aliphatic heterocycles. The second-order valence-electron chi connectivity index (χ2n) is 22.4. The molecular weight excluding hydrogens is 903 g/mol. The number of unbranched alkanes of at least 4 members (excludes halogenated alkanes) is 42. The van der Waals surface area contributed by atoms with Crippen LogP contribution in [0, 0.1) is 0 Å². The maximum Gasteiger partial charge on any atom is 0.249 e. The van der Waals surface area contributed by atoms with Crippen LogP contribution in [0.3, 0.4) is 0 Å². The normalized spacial score (nSPS) is 19.6. The molecule has 1 amide bonds. The lowest BCUT2D eigenvalue weighted by atomic mass is 9.99. The van der Waals surface area contributed by atoms with E-state index in [1.54, 1.807) is 0 Å². The van der Waals surface area contributed by atoms with Gasteiger partial charge in [0.05, 0.1) is 25.4 Å². The highest BCUT2D eigenvalue weighted by atomic mass is 16.7. The number of amides is 1. The molecule has 0 aliphatic carbocycles. The molecule has 0 aromatic rings. The zero-order valence-corrected chi connectivity index (χ0v) is 47.3. The van der Waals surface area contributed by atoms with Gasteiger partial charge in [0.15, 0.2) is 6.29 Å². The smallest absolute Gasteiger partial charge is 0.249 e. The number of hydrogen-bond acceptors (Lipinski definition) is 9. The summed E-state index contributed by atoms with van der Waals surface area (Å²) in [6.07, 6.45) is 54.4. The molecule has 8 unspecified atom stereocenters. The Bertz CT molecular complexity index is 1160. The molecular formula is C62H121NO9. The lowest BCUT2D eigenvalue weighted by Crippen LogP contribution is -2.60. The number of aliphatic hydroxyl groups excluding tert-OH is 6. The molecule has 1 saturated heterocycles. The van der Waals surface area contributed by atoms with Crippen LogP contribution in [0.2, 0.25) is 0 Å². The summed E-state index contributed by atoms with van der Waals surface area (Å²) in [5.74, 6) is -0.577. The van der Waals surface area contributed by atoms with Crippen molar-refractivity contribution < 1.29 is 44.9 Å². The zero-order valence-electron chi connectivity index (χ0n) is 47.3. The second kappa shape index (κ2) is 52.0. The molecule has 0 saturated carbocycles. The first-order chi connectivity index (χ1) is 35.3. The van der Waals surface area contributed by atoms with Gasteiger partial charge in [0.25, 0.3) is 0 Å². The summed E-state index contributed by atoms with van der Waals surface area (Å²) >= 11 is 0. The van der Waals surface area contributed by atoms with E-state index in [0.29, 0.717) is 12.8 Å². The van der Waals surface area contributed by atoms with Crippen molar-refractivity contribution in [2.45, 2.75) is 365 Å². The molecule has 428 valence electrons. The molecule has 10 nitrogen and oxygen atoms in total. The van der Waals surface area contributed by atoms with E-state index in [1.807, 2.05) is 0 Å². The number of ether oxygens (including phenoxy) is 2. The minimum Gasteiger partial charge on any atom is -0.394 e. The summed E-state index contributed by atoms with van der Waals surface area (Å²) in [5, 5.41) is 65.3. The molecule has 0 aromatic carbocycles. The van der Waals surface area contributed by atoms with Crippen molar-refractivity contribution in [3.8, 4) is 0 Å². The molecule has 1 heterocycles. The van der Waals surface area contributed by atoms with Crippen molar-refractivity contribution in [2.75, 3.05) is 13.2 Å². The molecule has 0 bridgehead atoms. The van der Waals surface area contributed by atoms with Crippen molar-refractivity contribution >= 4 is 5.91 Å². The van der Waals surface area contributed by atoms with E-state index >= 15 is 0 Å². The first-order valence-corrected chi connectivity index (χ1v) is 31.5. The Labute approximate surface area is 444 Å². The maximum atomic E-state index is 13.2. The highest BCUT2D eigenvalue weighted by Gasteiger charge is 2.44. The Morgan fingerprint density at radius 1 is 0.458 bits per heavy atom. The fourth-order valence-electron chi connectivity index (χ4n) is 10.4. The third kappa shape index (κ3) is 40.2. The summed E-state index contributed by atoms with van der Waals surface area (Å²) in [6, 6.07) is -0.891. The Morgan fingerprint density at radius 3 is 1.12 bits per heavy atom. The Hall–Kier alpha value is -1.11. The van der Waals surface area contributed by atoms with E-state index in [-0.39, 0.29) is 6.61 Å². The topological polar surface area (TPSA) is 169 Å². The van der Waals surface area contributed by atoms with E-state index in [1.165, 1.54) is 244 Å². The number of nitrogens with one attached hydrogen (secondary N) is 1. The third-order valence-corrected chi connectivity index (χ3v) is 15.5. The first-order valence-electron chi connectivity index (χ1n) is 31.5. The largest absolute Gasteiger partial charge is 0.394 e. The molecule has 0 spiro atoms. The fourth-order valence-corrected chi connectivity index (χ4v) is 10.4. The zero-order chi connectivity index (χ0) is 52.4. The monoisotopic (exact) mass is 1020 g/mol. The van der Waals surface area contributed by atoms with Gasteiger partial charge in [-0.1, -0.05) is 289 Å². The van der Waals surface area contributed by atoms with Crippen LogP contribution in [-0.2, 0) is 14.3 Å². The van der Waals surface area contributed by atoms with E-state index in [0.717, 1.165) is 44.9 Å². The Morgan fingerprint density at radius 2 is 0.778 bits per heavy atom. The SMILES string of the molecule is CCCCCCCCCCCCCC/C=C\CCCCCCCCCCCCCCCCCCC(O)C(=O)NC(COC1OC(CO)C(O)C(O)C1O)C(O)CCCCCCCCCCCCCCCCC. The third-order valence-electron chi connectivity index (χ3n) is 15.5. The van der Waals surface area contributed by atoms with E-state index in [9.17, 15) is 35.4 Å². The molecule has 72 heavy (non-hydrogen) atoms. The minimum atomic E-state index is -1.59. The van der Waals surface area contributed by atoms with Crippen LogP contribution in [0.4, 0.5) is 0 Å². The molecule has 1 fully saturated rings. The highest BCUT2D eigenvalue weighted by Crippen LogP contribution is 2.24. The lowest BCUT2D eigenvalue weighted by Gasteiger charge is -2.40. The molecule has 0 radical (unpaired) electrons. The van der Waals surface area contributed by atoms with Gasteiger partial charge in [-0.05, 0) is 38.5 Å². The van der Waals surface area contributed by atoms with Crippen LogP contribution in [0.15, 0.2) is 12.2 Å². The quantitative estimate of drug-likeness (QED) is 0.0232. The fraction of sp³-hybridized carbons (Fsp3) is 0.952. The number of carbonyl (C=O) groups excluding carboxylic acids is 1. The van der Waals surface area contributed by atoms with Gasteiger partial charge in [0.2, 0.25) is 5.91 Å². The number of carbonyl (C=O) groups is 1. The molecule has 7 N–H and O–H groups in total. The van der Waals surface area contributed by atoms with E-state index in [2.05, 4.69) is 31.3 Å². The van der Waals surface area contributed by atoms with Gasteiger partial charge >= 0.3 is 0 Å². The van der Waals surface area contributed by atoms with Gasteiger partial charge in [-0.3, -0.25) is 4.79 Å². The van der Waals surface area contributed by atoms with Crippen molar-refractivity contribution in [2.24, 2.45) is 0 Å². The number of allylic oxidation sites excluding steroid dienone is 2. The predicted octanol–water partition coefficient (Wildman–Crippen LogP) is 14.9. The Balaban J connectivity index is 2.13. The molecule has 1 aliphatic rings. The van der Waals surface area contributed by atoms with Gasteiger partial charge in [0.1, 0.15) is 30.5 Å². The lowest BCUT2D eigenvalue weighted by molar-refractivity contribution is -0.302. The average molecular weight is 1020 g/mol. The summed E-state index contributed by atoms with van der Waals surface area (Å²) in [7, 11) is 0. The number of rotatable bonds is 55. The van der Waals surface area contributed by atoms with E-state index < -0.39 is 61.5 Å². The van der Waals surface area contributed by atoms with Gasteiger partial charge in [-0.2, -0.15) is 0 Å². The van der Waals surface area contributed by atoms with Crippen LogP contribution in [-0.4, -0.2) is 98.7 Å². The predicted molar refractivity (Wildman–Crippen MR) is 301 cm³/mol. The molecule has 10 heteroatoms. The molecule has 8 atom stereocenters. The van der Waals surface area contributed by atoms with Crippen molar-refractivity contribution in [3.63, 3.8) is 0 Å². The second-order valence-corrected chi connectivity index (χ2v) is 22.4. The van der Waals surface area contributed by atoms with Crippen LogP contribution in [0.25, 0.3) is 0 Å². The van der Waals surface area contributed by atoms with E-state index in [4.69, 9.17) is 9.47 Å². The van der Waals surface area contributed by atoms with Crippen LogP contribution >= 0.6 is 0 Å². The standard InChI is InChI=1S/C62H121NO9/c1-3-5-7-9-11-13-15-17-19-20-21-22-23-24-25-26-27-28-29-30-31-32-33-34-35-37-39-41-43-45-47-49-51-56(66)61(70)63-54(53-71-62-60(69)59(68)58(67)57(52-64)72-62)55(65)50-48-46-44-42-40-38-36-18-16-14-12-10-8-6-4-2/h24-25,54-60,62,64-69H,3-23,26-53H2,1-2H3,(H,63,70)/b25-24-. The number of aliphatic hydroxyl groups is 6. The van der Waals surface area contributed by atoms with Crippen molar-refractivity contribution in [1.29, 1.82) is 0 Å². The highest BCUT2D eigenvalue weighted by molar-refractivity contribution is 5.80. The number of hydrogen-bond donors (Lipinski definition) is 7. The summed E-state index contributed by atoms with van der Waals surface area (Å²) in [6.45, 7) is 3.71.